The van der Waals surface area contributed by atoms with Crippen LogP contribution in [0.3, 0.4) is 0 Å². The summed E-state index contributed by atoms with van der Waals surface area (Å²) in [6.07, 6.45) is 3.77. The van der Waals surface area contributed by atoms with E-state index in [1.54, 1.807) is 13.3 Å². The van der Waals surface area contributed by atoms with Gasteiger partial charge in [0.1, 0.15) is 0 Å². The molecule has 2 rings (SSSR count). The topological polar surface area (TPSA) is 48.3 Å². The number of nitrogens with zero attached hydrogens (tertiary/aromatic N) is 2. The summed E-state index contributed by atoms with van der Waals surface area (Å²) in [4.78, 5) is 0. The third-order valence-electron chi connectivity index (χ3n) is 3.20. The minimum atomic E-state index is 0.336. The minimum absolute atomic E-state index is 0.336. The Morgan fingerprint density at radius 1 is 1.33 bits per heavy atom. The van der Waals surface area contributed by atoms with Crippen molar-refractivity contribution >= 4 is 0 Å². The Morgan fingerprint density at radius 3 is 2.86 bits per heavy atom. The number of aromatic nitrogens is 2. The molecule has 1 heterocycles. The number of hydrogen-bond donors (Lipinski definition) is 1. The Balaban J connectivity index is 1.90. The van der Waals surface area contributed by atoms with Crippen molar-refractivity contribution in [1.82, 2.24) is 15.1 Å². The second-order valence-corrected chi connectivity index (χ2v) is 4.93. The van der Waals surface area contributed by atoms with Gasteiger partial charge in [0.2, 0.25) is 0 Å². The second-order valence-electron chi connectivity index (χ2n) is 4.93. The average molecular weight is 289 g/mol. The summed E-state index contributed by atoms with van der Waals surface area (Å²) in [6, 6.07) is 8.30. The van der Waals surface area contributed by atoms with E-state index >= 15 is 0 Å². The first kappa shape index (κ1) is 15.4. The zero-order valence-electron chi connectivity index (χ0n) is 12.9. The number of nitrogens with one attached hydrogen (secondary N) is 1. The third-order valence-corrected chi connectivity index (χ3v) is 3.20. The molecule has 0 saturated carbocycles. The zero-order chi connectivity index (χ0) is 15.1. The number of ether oxygens (including phenoxy) is 2. The van der Waals surface area contributed by atoms with E-state index in [1.165, 1.54) is 5.56 Å². The molecule has 1 unspecified atom stereocenters. The molecule has 0 bridgehead atoms. The summed E-state index contributed by atoms with van der Waals surface area (Å²) < 4.78 is 12.8. The monoisotopic (exact) mass is 289 g/mol. The summed E-state index contributed by atoms with van der Waals surface area (Å²) in [5, 5.41) is 7.69. The van der Waals surface area contributed by atoms with Crippen LogP contribution in [-0.2, 0) is 13.1 Å². The quantitative estimate of drug-likeness (QED) is 0.811. The number of rotatable bonds is 8. The summed E-state index contributed by atoms with van der Waals surface area (Å²) in [6.45, 7) is 6.38. The van der Waals surface area contributed by atoms with E-state index in [1.807, 2.05) is 36.0 Å². The maximum absolute atomic E-state index is 5.52. The van der Waals surface area contributed by atoms with Crippen LogP contribution in [0.15, 0.2) is 36.7 Å². The highest BCUT2D eigenvalue weighted by Crippen LogP contribution is 2.27. The first-order valence-electron chi connectivity index (χ1n) is 7.23. The highest BCUT2D eigenvalue weighted by molar-refractivity contribution is 5.42. The van der Waals surface area contributed by atoms with Crippen LogP contribution >= 0.6 is 0 Å². The van der Waals surface area contributed by atoms with Gasteiger partial charge >= 0.3 is 0 Å². The van der Waals surface area contributed by atoms with Gasteiger partial charge in [0.05, 0.1) is 20.3 Å². The van der Waals surface area contributed by atoms with Crippen LogP contribution in [0.1, 0.15) is 19.4 Å². The fourth-order valence-corrected chi connectivity index (χ4v) is 2.14. The maximum Gasteiger partial charge on any atom is 0.161 e. The van der Waals surface area contributed by atoms with Crippen LogP contribution < -0.4 is 14.8 Å². The first-order valence-corrected chi connectivity index (χ1v) is 7.23. The lowest BCUT2D eigenvalue weighted by Gasteiger charge is -2.15. The maximum atomic E-state index is 5.52. The summed E-state index contributed by atoms with van der Waals surface area (Å²) >= 11 is 0. The molecule has 21 heavy (non-hydrogen) atoms. The molecular formula is C16H23N3O2. The number of hydrogen-bond acceptors (Lipinski definition) is 4. The van der Waals surface area contributed by atoms with Crippen molar-refractivity contribution in [3.05, 3.63) is 42.2 Å². The molecular weight excluding hydrogens is 266 g/mol. The van der Waals surface area contributed by atoms with Crippen molar-refractivity contribution in [2.24, 2.45) is 0 Å². The predicted octanol–water partition coefficient (Wildman–Crippen LogP) is 2.47. The minimum Gasteiger partial charge on any atom is -0.493 e. The molecule has 0 spiro atoms. The Kier molecular flexibility index (Phi) is 5.63. The molecule has 0 amide bonds. The van der Waals surface area contributed by atoms with Gasteiger partial charge in [-0.1, -0.05) is 6.07 Å². The lowest BCUT2D eigenvalue weighted by Crippen LogP contribution is -2.30. The van der Waals surface area contributed by atoms with Gasteiger partial charge in [0.25, 0.3) is 0 Å². The van der Waals surface area contributed by atoms with Gasteiger partial charge in [-0.05, 0) is 37.6 Å². The van der Waals surface area contributed by atoms with Gasteiger partial charge in [-0.25, -0.2) is 0 Å². The zero-order valence-corrected chi connectivity index (χ0v) is 12.9. The lowest BCUT2D eigenvalue weighted by molar-refractivity contribution is 0.310. The number of benzene rings is 1. The summed E-state index contributed by atoms with van der Waals surface area (Å²) in [7, 11) is 1.66. The van der Waals surface area contributed by atoms with E-state index in [9.17, 15) is 0 Å². The molecule has 1 N–H and O–H groups in total. The van der Waals surface area contributed by atoms with Gasteiger partial charge in [0.15, 0.2) is 11.5 Å². The molecule has 1 atom stereocenters. The molecule has 0 aliphatic carbocycles. The van der Waals surface area contributed by atoms with Crippen molar-refractivity contribution in [1.29, 1.82) is 0 Å². The molecule has 0 aliphatic heterocycles. The molecule has 0 fully saturated rings. The predicted molar refractivity (Wildman–Crippen MR) is 82.7 cm³/mol. The molecule has 5 nitrogen and oxygen atoms in total. The van der Waals surface area contributed by atoms with E-state index in [2.05, 4.69) is 23.4 Å². The smallest absolute Gasteiger partial charge is 0.161 e. The van der Waals surface area contributed by atoms with E-state index in [-0.39, 0.29) is 0 Å². The van der Waals surface area contributed by atoms with Crippen molar-refractivity contribution < 1.29 is 9.47 Å². The number of methoxy groups -OCH3 is 1. The van der Waals surface area contributed by atoms with Gasteiger partial charge in [-0.2, -0.15) is 5.10 Å². The first-order chi connectivity index (χ1) is 10.2. The Labute approximate surface area is 125 Å². The second kappa shape index (κ2) is 7.69. The Bertz CT molecular complexity index is 540. The molecule has 1 aromatic carbocycles. The Morgan fingerprint density at radius 2 is 2.19 bits per heavy atom. The van der Waals surface area contributed by atoms with E-state index < -0.39 is 0 Å². The van der Waals surface area contributed by atoms with Crippen LogP contribution in [0.25, 0.3) is 0 Å². The molecule has 0 radical (unpaired) electrons. The molecule has 0 aliphatic rings. The SMILES string of the molecule is CCOc1ccc(CNC(C)Cn2cccn2)cc1OC. The van der Waals surface area contributed by atoms with Crippen molar-refractivity contribution in [2.75, 3.05) is 13.7 Å². The van der Waals surface area contributed by atoms with E-state index in [4.69, 9.17) is 9.47 Å². The average Bonchev–Trinajstić information content (AvgIpc) is 2.99. The fourth-order valence-electron chi connectivity index (χ4n) is 2.14. The van der Waals surface area contributed by atoms with Crippen molar-refractivity contribution in [3.8, 4) is 11.5 Å². The lowest BCUT2D eigenvalue weighted by atomic mass is 10.2. The van der Waals surface area contributed by atoms with Gasteiger partial charge in [-0.15, -0.1) is 0 Å². The Hall–Kier alpha value is -2.01. The van der Waals surface area contributed by atoms with Crippen LogP contribution in [0.4, 0.5) is 0 Å². The molecule has 1 aromatic heterocycles. The molecule has 5 heteroatoms. The van der Waals surface area contributed by atoms with Crippen molar-refractivity contribution in [3.63, 3.8) is 0 Å². The highest BCUT2D eigenvalue weighted by atomic mass is 16.5. The van der Waals surface area contributed by atoms with Crippen molar-refractivity contribution in [2.45, 2.75) is 33.0 Å². The van der Waals surface area contributed by atoms with Gasteiger partial charge < -0.3 is 14.8 Å². The van der Waals surface area contributed by atoms with E-state index in [0.717, 1.165) is 24.6 Å². The van der Waals surface area contributed by atoms with Gasteiger partial charge in [0, 0.05) is 25.0 Å². The fraction of sp³-hybridized carbons (Fsp3) is 0.438. The molecule has 114 valence electrons. The largest absolute Gasteiger partial charge is 0.493 e. The van der Waals surface area contributed by atoms with E-state index in [0.29, 0.717) is 12.6 Å². The van der Waals surface area contributed by atoms with Crippen LogP contribution in [-0.4, -0.2) is 29.5 Å². The summed E-state index contributed by atoms with van der Waals surface area (Å²) in [5.41, 5.74) is 1.17. The highest BCUT2D eigenvalue weighted by Gasteiger charge is 2.07. The molecule has 2 aromatic rings. The van der Waals surface area contributed by atoms with Crippen LogP contribution in [0.5, 0.6) is 11.5 Å². The summed E-state index contributed by atoms with van der Waals surface area (Å²) in [5.74, 6) is 1.56. The van der Waals surface area contributed by atoms with Gasteiger partial charge in [-0.3, -0.25) is 4.68 Å². The standard InChI is InChI=1S/C16H23N3O2/c1-4-21-15-7-6-14(10-16(15)20-3)11-17-13(2)12-19-9-5-8-18-19/h5-10,13,17H,4,11-12H2,1-3H3. The van der Waals surface area contributed by atoms with Crippen LogP contribution in [0, 0.1) is 0 Å². The van der Waals surface area contributed by atoms with Crippen LogP contribution in [0.2, 0.25) is 0 Å². The normalized spacial score (nSPS) is 12.1. The third kappa shape index (κ3) is 4.49. The molecule has 0 saturated heterocycles.